The summed E-state index contributed by atoms with van der Waals surface area (Å²) < 4.78 is 0. The van der Waals surface area contributed by atoms with Crippen LogP contribution in [-0.4, -0.2) is 11.1 Å². The van der Waals surface area contributed by atoms with E-state index in [4.69, 9.17) is 5.11 Å². The summed E-state index contributed by atoms with van der Waals surface area (Å²) in [6.07, 6.45) is 3.75. The molecular weight excluding hydrogens is 140 g/mol. The molecule has 2 nitrogen and oxygen atoms in total. The first-order valence-corrected chi connectivity index (χ1v) is 4.43. The molecule has 0 aliphatic heterocycles. The lowest BCUT2D eigenvalue weighted by Crippen LogP contribution is -2.20. The molecule has 0 amide bonds. The zero-order valence-electron chi connectivity index (χ0n) is 6.79. The van der Waals surface area contributed by atoms with E-state index in [2.05, 4.69) is 0 Å². The third-order valence-corrected chi connectivity index (χ3v) is 3.43. The number of carbonyl (C=O) groups is 1. The van der Waals surface area contributed by atoms with Crippen molar-refractivity contribution in [1.29, 1.82) is 0 Å². The molecule has 2 fully saturated rings. The number of carboxylic acid groups (broad SMARTS) is 1. The highest BCUT2D eigenvalue weighted by Gasteiger charge is 2.50. The Morgan fingerprint density at radius 3 is 2.64 bits per heavy atom. The molecule has 11 heavy (non-hydrogen) atoms. The van der Waals surface area contributed by atoms with Gasteiger partial charge in [-0.05, 0) is 37.0 Å². The molecule has 1 N–H and O–H groups in total. The minimum atomic E-state index is -0.609. The van der Waals surface area contributed by atoms with Gasteiger partial charge in [-0.2, -0.15) is 0 Å². The third-order valence-electron chi connectivity index (χ3n) is 3.43. The molecule has 0 saturated heterocycles. The van der Waals surface area contributed by atoms with Crippen molar-refractivity contribution in [3.05, 3.63) is 0 Å². The van der Waals surface area contributed by atoms with Crippen molar-refractivity contribution in [2.45, 2.75) is 26.2 Å². The van der Waals surface area contributed by atoms with Gasteiger partial charge in [0.15, 0.2) is 0 Å². The maximum absolute atomic E-state index is 10.7. The van der Waals surface area contributed by atoms with Crippen molar-refractivity contribution in [1.82, 2.24) is 0 Å². The number of aliphatic carboxylic acids is 1. The van der Waals surface area contributed by atoms with Crippen LogP contribution in [0.5, 0.6) is 0 Å². The third kappa shape index (κ3) is 1.05. The molecule has 0 heterocycles. The van der Waals surface area contributed by atoms with Crippen molar-refractivity contribution in [2.24, 2.45) is 23.7 Å². The summed E-state index contributed by atoms with van der Waals surface area (Å²) >= 11 is 0. The summed E-state index contributed by atoms with van der Waals surface area (Å²) in [5, 5.41) is 8.78. The van der Waals surface area contributed by atoms with Crippen LogP contribution >= 0.6 is 0 Å². The maximum atomic E-state index is 10.7. The Kier molecular flexibility index (Phi) is 1.44. The summed E-state index contributed by atoms with van der Waals surface area (Å²) in [5.74, 6) is 1.47. The molecule has 4 unspecified atom stereocenters. The van der Waals surface area contributed by atoms with Gasteiger partial charge in [-0.3, -0.25) is 4.79 Å². The van der Waals surface area contributed by atoms with E-state index in [0.717, 1.165) is 18.3 Å². The second-order valence-corrected chi connectivity index (χ2v) is 4.03. The largest absolute Gasteiger partial charge is 0.481 e. The van der Waals surface area contributed by atoms with Gasteiger partial charge in [0, 0.05) is 0 Å². The van der Waals surface area contributed by atoms with Crippen LogP contribution in [0.4, 0.5) is 0 Å². The van der Waals surface area contributed by atoms with Gasteiger partial charge in [-0.1, -0.05) is 6.92 Å². The fraction of sp³-hybridized carbons (Fsp3) is 0.889. The standard InChI is InChI=1S/C9H14O2/c1-5(9(10)11)7-3-2-6-4-8(6)7/h5-8H,2-4H2,1H3,(H,10,11). The summed E-state index contributed by atoms with van der Waals surface area (Å²) in [7, 11) is 0. The van der Waals surface area contributed by atoms with Crippen LogP contribution in [0, 0.1) is 23.7 Å². The first-order valence-electron chi connectivity index (χ1n) is 4.43. The van der Waals surface area contributed by atoms with Crippen LogP contribution in [0.25, 0.3) is 0 Å². The Bertz CT molecular complexity index is 188. The van der Waals surface area contributed by atoms with Gasteiger partial charge in [0.05, 0.1) is 5.92 Å². The first kappa shape index (κ1) is 7.14. The maximum Gasteiger partial charge on any atom is 0.306 e. The SMILES string of the molecule is CC(C(=O)O)C1CCC2CC21. The fourth-order valence-corrected chi connectivity index (χ4v) is 2.55. The Morgan fingerprint density at radius 1 is 1.55 bits per heavy atom. The average molecular weight is 154 g/mol. The van der Waals surface area contributed by atoms with E-state index in [1.807, 2.05) is 6.92 Å². The van der Waals surface area contributed by atoms with Crippen LogP contribution in [0.3, 0.4) is 0 Å². The van der Waals surface area contributed by atoms with Crippen LogP contribution in [0.1, 0.15) is 26.2 Å². The zero-order chi connectivity index (χ0) is 8.01. The van der Waals surface area contributed by atoms with E-state index in [9.17, 15) is 4.79 Å². The Balaban J connectivity index is 1.99. The molecule has 2 aliphatic carbocycles. The van der Waals surface area contributed by atoms with Crippen LogP contribution in [0.15, 0.2) is 0 Å². The van der Waals surface area contributed by atoms with E-state index in [-0.39, 0.29) is 5.92 Å². The zero-order valence-corrected chi connectivity index (χ0v) is 6.79. The Labute approximate surface area is 66.6 Å². The van der Waals surface area contributed by atoms with E-state index < -0.39 is 5.97 Å². The van der Waals surface area contributed by atoms with Gasteiger partial charge in [-0.25, -0.2) is 0 Å². The summed E-state index contributed by atoms with van der Waals surface area (Å²) in [6, 6.07) is 0. The second kappa shape index (κ2) is 2.23. The molecule has 0 aromatic carbocycles. The second-order valence-electron chi connectivity index (χ2n) is 4.03. The van der Waals surface area contributed by atoms with Crippen molar-refractivity contribution in [2.75, 3.05) is 0 Å². The molecule has 0 radical (unpaired) electrons. The van der Waals surface area contributed by atoms with Gasteiger partial charge in [-0.15, -0.1) is 0 Å². The number of rotatable bonds is 2. The summed E-state index contributed by atoms with van der Waals surface area (Å²) in [5.41, 5.74) is 0. The lowest BCUT2D eigenvalue weighted by molar-refractivity contribution is -0.143. The van der Waals surface area contributed by atoms with Crippen LogP contribution in [-0.2, 0) is 4.79 Å². The molecule has 2 aliphatic rings. The molecule has 0 aromatic heterocycles. The van der Waals surface area contributed by atoms with Crippen molar-refractivity contribution in [3.63, 3.8) is 0 Å². The van der Waals surface area contributed by atoms with Gasteiger partial charge >= 0.3 is 5.97 Å². The smallest absolute Gasteiger partial charge is 0.306 e. The molecule has 0 aromatic rings. The highest BCUT2D eigenvalue weighted by atomic mass is 16.4. The summed E-state index contributed by atoms with van der Waals surface area (Å²) in [4.78, 5) is 10.7. The normalized spacial score (nSPS) is 43.2. The van der Waals surface area contributed by atoms with Gasteiger partial charge in [0.1, 0.15) is 0 Å². The molecule has 2 rings (SSSR count). The predicted octanol–water partition coefficient (Wildman–Crippen LogP) is 1.75. The predicted molar refractivity (Wildman–Crippen MR) is 41.1 cm³/mol. The number of fused-ring (bicyclic) bond motifs is 1. The average Bonchev–Trinajstić information content (AvgIpc) is 2.62. The van der Waals surface area contributed by atoms with Crippen LogP contribution in [0.2, 0.25) is 0 Å². The molecule has 2 heteroatoms. The highest BCUT2D eigenvalue weighted by Crippen LogP contribution is 2.57. The Morgan fingerprint density at radius 2 is 2.27 bits per heavy atom. The fourth-order valence-electron chi connectivity index (χ4n) is 2.55. The molecular formula is C9H14O2. The lowest BCUT2D eigenvalue weighted by atomic mass is 9.89. The number of carboxylic acids is 1. The van der Waals surface area contributed by atoms with E-state index in [0.29, 0.717) is 5.92 Å². The minimum Gasteiger partial charge on any atom is -0.481 e. The van der Waals surface area contributed by atoms with Crippen molar-refractivity contribution in [3.8, 4) is 0 Å². The van der Waals surface area contributed by atoms with E-state index in [1.165, 1.54) is 12.8 Å². The molecule has 0 spiro atoms. The van der Waals surface area contributed by atoms with E-state index in [1.54, 1.807) is 0 Å². The first-order chi connectivity index (χ1) is 5.20. The molecule has 2 saturated carbocycles. The molecule has 0 bridgehead atoms. The highest BCUT2D eigenvalue weighted by molar-refractivity contribution is 5.70. The number of hydrogen-bond donors (Lipinski definition) is 1. The number of hydrogen-bond acceptors (Lipinski definition) is 1. The van der Waals surface area contributed by atoms with Gasteiger partial charge in [0.2, 0.25) is 0 Å². The van der Waals surface area contributed by atoms with Gasteiger partial charge < -0.3 is 5.11 Å². The van der Waals surface area contributed by atoms with E-state index >= 15 is 0 Å². The quantitative estimate of drug-likeness (QED) is 0.658. The van der Waals surface area contributed by atoms with Gasteiger partial charge in [0.25, 0.3) is 0 Å². The topological polar surface area (TPSA) is 37.3 Å². The van der Waals surface area contributed by atoms with Crippen molar-refractivity contribution >= 4 is 5.97 Å². The molecule has 62 valence electrons. The summed E-state index contributed by atoms with van der Waals surface area (Å²) in [6.45, 7) is 1.85. The Hall–Kier alpha value is -0.530. The lowest BCUT2D eigenvalue weighted by Gasteiger charge is -2.15. The van der Waals surface area contributed by atoms with Crippen molar-refractivity contribution < 1.29 is 9.90 Å². The monoisotopic (exact) mass is 154 g/mol. The molecule has 4 atom stereocenters. The van der Waals surface area contributed by atoms with Crippen LogP contribution < -0.4 is 0 Å². The minimum absolute atomic E-state index is 0.104.